The molecule has 0 spiro atoms. The molecule has 0 radical (unpaired) electrons. The molecule has 2 heterocycles. The third-order valence-electron chi connectivity index (χ3n) is 5.11. The molecular weight excluding hydrogens is 318 g/mol. The molecular formula is C19H23N3O3. The number of rotatable bonds is 4. The van der Waals surface area contributed by atoms with Gasteiger partial charge in [-0.05, 0) is 39.3 Å². The SMILES string of the molecule is Cc1nn(-c2ccccc2)c(C)c1CC(=O)N1CCC(C)(C(=O)O)C1. The Kier molecular flexibility index (Phi) is 4.37. The molecule has 6 nitrogen and oxygen atoms in total. The molecule has 1 amide bonds. The number of likely N-dealkylation sites (tertiary alicyclic amines) is 1. The number of benzene rings is 1. The Labute approximate surface area is 147 Å². The van der Waals surface area contributed by atoms with Gasteiger partial charge >= 0.3 is 5.97 Å². The third kappa shape index (κ3) is 3.16. The average Bonchev–Trinajstić information content (AvgIpc) is 3.12. The van der Waals surface area contributed by atoms with Crippen LogP contribution in [0.5, 0.6) is 0 Å². The average molecular weight is 341 g/mol. The van der Waals surface area contributed by atoms with Crippen LogP contribution in [-0.4, -0.2) is 44.8 Å². The van der Waals surface area contributed by atoms with E-state index in [1.807, 2.05) is 48.9 Å². The lowest BCUT2D eigenvalue weighted by Gasteiger charge is -2.20. The topological polar surface area (TPSA) is 75.4 Å². The Morgan fingerprint density at radius 2 is 1.92 bits per heavy atom. The van der Waals surface area contributed by atoms with Gasteiger partial charge in [0.15, 0.2) is 0 Å². The fourth-order valence-corrected chi connectivity index (χ4v) is 3.36. The zero-order chi connectivity index (χ0) is 18.2. The van der Waals surface area contributed by atoms with Crippen LogP contribution < -0.4 is 0 Å². The molecule has 1 N–H and O–H groups in total. The molecule has 1 aromatic heterocycles. The number of aryl methyl sites for hydroxylation is 1. The molecule has 1 atom stereocenters. The van der Waals surface area contributed by atoms with Crippen molar-refractivity contribution in [3.8, 4) is 5.69 Å². The quantitative estimate of drug-likeness (QED) is 0.926. The van der Waals surface area contributed by atoms with Gasteiger partial charge in [-0.15, -0.1) is 0 Å². The maximum Gasteiger partial charge on any atom is 0.311 e. The predicted molar refractivity (Wildman–Crippen MR) is 93.7 cm³/mol. The summed E-state index contributed by atoms with van der Waals surface area (Å²) in [4.78, 5) is 25.7. The summed E-state index contributed by atoms with van der Waals surface area (Å²) in [7, 11) is 0. The zero-order valence-corrected chi connectivity index (χ0v) is 14.8. The summed E-state index contributed by atoms with van der Waals surface area (Å²) in [5.41, 5.74) is 2.81. The molecule has 6 heteroatoms. The predicted octanol–water partition coefficient (Wildman–Crippen LogP) is 2.35. The van der Waals surface area contributed by atoms with Gasteiger partial charge < -0.3 is 10.0 Å². The molecule has 1 aliphatic rings. The first-order valence-corrected chi connectivity index (χ1v) is 8.43. The van der Waals surface area contributed by atoms with Crippen LogP contribution in [0.1, 0.15) is 30.3 Å². The number of aliphatic carboxylic acids is 1. The van der Waals surface area contributed by atoms with Crippen molar-refractivity contribution in [2.75, 3.05) is 13.1 Å². The maximum atomic E-state index is 12.7. The van der Waals surface area contributed by atoms with E-state index < -0.39 is 11.4 Å². The summed E-state index contributed by atoms with van der Waals surface area (Å²) in [5, 5.41) is 13.9. The number of aromatic nitrogens is 2. The smallest absolute Gasteiger partial charge is 0.311 e. The largest absolute Gasteiger partial charge is 0.481 e. The molecule has 132 valence electrons. The summed E-state index contributed by atoms with van der Waals surface area (Å²) in [6.07, 6.45) is 0.746. The molecule has 0 bridgehead atoms. The first kappa shape index (κ1) is 17.2. The second-order valence-corrected chi connectivity index (χ2v) is 7.00. The second-order valence-electron chi connectivity index (χ2n) is 7.00. The Bertz CT molecular complexity index is 813. The van der Waals surface area contributed by atoms with Gasteiger partial charge in [-0.3, -0.25) is 9.59 Å². The van der Waals surface area contributed by atoms with Crippen molar-refractivity contribution >= 4 is 11.9 Å². The zero-order valence-electron chi connectivity index (χ0n) is 14.8. The fraction of sp³-hybridized carbons (Fsp3) is 0.421. The minimum atomic E-state index is -0.841. The van der Waals surface area contributed by atoms with Crippen molar-refractivity contribution in [1.82, 2.24) is 14.7 Å². The highest BCUT2D eigenvalue weighted by molar-refractivity contribution is 5.82. The highest BCUT2D eigenvalue weighted by Crippen LogP contribution is 2.31. The van der Waals surface area contributed by atoms with E-state index >= 15 is 0 Å². The molecule has 1 aliphatic heterocycles. The van der Waals surface area contributed by atoms with Crippen molar-refractivity contribution in [2.24, 2.45) is 5.41 Å². The normalized spacial score (nSPS) is 20.0. The molecule has 25 heavy (non-hydrogen) atoms. The second kappa shape index (κ2) is 6.35. The van der Waals surface area contributed by atoms with E-state index in [1.54, 1.807) is 11.8 Å². The Morgan fingerprint density at radius 3 is 2.52 bits per heavy atom. The van der Waals surface area contributed by atoms with Crippen LogP contribution in [0.25, 0.3) is 5.69 Å². The highest BCUT2D eigenvalue weighted by atomic mass is 16.4. The van der Waals surface area contributed by atoms with Crippen LogP contribution in [0.15, 0.2) is 30.3 Å². The highest BCUT2D eigenvalue weighted by Gasteiger charge is 2.42. The number of amides is 1. The van der Waals surface area contributed by atoms with Crippen molar-refractivity contribution in [2.45, 2.75) is 33.6 Å². The molecule has 0 aliphatic carbocycles. The number of para-hydroxylation sites is 1. The van der Waals surface area contributed by atoms with Crippen LogP contribution in [0.2, 0.25) is 0 Å². The van der Waals surface area contributed by atoms with Crippen molar-refractivity contribution < 1.29 is 14.7 Å². The monoisotopic (exact) mass is 341 g/mol. The summed E-state index contributed by atoms with van der Waals surface area (Å²) in [5.74, 6) is -0.879. The van der Waals surface area contributed by atoms with E-state index in [9.17, 15) is 14.7 Å². The minimum absolute atomic E-state index is 0.0382. The standard InChI is InChI=1S/C19H23N3O3/c1-13-16(14(2)22(20-13)15-7-5-4-6-8-15)11-17(23)21-10-9-19(3,12-21)18(24)25/h4-8H,9-12H2,1-3H3,(H,24,25). The lowest BCUT2D eigenvalue weighted by atomic mass is 9.90. The van der Waals surface area contributed by atoms with Gasteiger partial charge in [0.05, 0.1) is 23.2 Å². The summed E-state index contributed by atoms with van der Waals surface area (Å²) < 4.78 is 1.85. The van der Waals surface area contributed by atoms with Crippen LogP contribution in [0.3, 0.4) is 0 Å². The van der Waals surface area contributed by atoms with E-state index in [4.69, 9.17) is 0 Å². The van der Waals surface area contributed by atoms with Crippen LogP contribution in [-0.2, 0) is 16.0 Å². The number of hydrogen-bond acceptors (Lipinski definition) is 3. The number of nitrogens with zero attached hydrogens (tertiary/aromatic N) is 3. The first-order valence-electron chi connectivity index (χ1n) is 8.43. The lowest BCUT2D eigenvalue weighted by Crippen LogP contribution is -2.35. The van der Waals surface area contributed by atoms with Crippen molar-refractivity contribution in [1.29, 1.82) is 0 Å². The number of carbonyl (C=O) groups is 2. The maximum absolute atomic E-state index is 12.7. The van der Waals surface area contributed by atoms with Crippen LogP contribution in [0.4, 0.5) is 0 Å². The minimum Gasteiger partial charge on any atom is -0.481 e. The van der Waals surface area contributed by atoms with Crippen molar-refractivity contribution in [3.05, 3.63) is 47.3 Å². The molecule has 1 unspecified atom stereocenters. The molecule has 1 fully saturated rings. The summed E-state index contributed by atoms with van der Waals surface area (Å²) in [6.45, 7) is 6.33. The lowest BCUT2D eigenvalue weighted by molar-refractivity contribution is -0.147. The summed E-state index contributed by atoms with van der Waals surface area (Å²) in [6, 6.07) is 9.81. The van der Waals surface area contributed by atoms with Gasteiger partial charge in [0.1, 0.15) is 0 Å². The van der Waals surface area contributed by atoms with Gasteiger partial charge in [-0.2, -0.15) is 5.10 Å². The Hall–Kier alpha value is -2.63. The first-order chi connectivity index (χ1) is 11.8. The van der Waals surface area contributed by atoms with Crippen LogP contribution in [0, 0.1) is 19.3 Å². The molecule has 1 saturated heterocycles. The molecule has 0 saturated carbocycles. The Balaban J connectivity index is 1.79. The number of carboxylic acids is 1. The van der Waals surface area contributed by atoms with Gasteiger partial charge in [-0.25, -0.2) is 4.68 Å². The van der Waals surface area contributed by atoms with Gasteiger partial charge in [0.25, 0.3) is 0 Å². The van der Waals surface area contributed by atoms with E-state index in [-0.39, 0.29) is 18.9 Å². The fourth-order valence-electron chi connectivity index (χ4n) is 3.36. The van der Waals surface area contributed by atoms with Crippen molar-refractivity contribution in [3.63, 3.8) is 0 Å². The van der Waals surface area contributed by atoms with Gasteiger partial charge in [-0.1, -0.05) is 18.2 Å². The Morgan fingerprint density at radius 1 is 1.24 bits per heavy atom. The summed E-state index contributed by atoms with van der Waals surface area (Å²) >= 11 is 0. The molecule has 3 rings (SSSR count). The number of carbonyl (C=O) groups excluding carboxylic acids is 1. The van der Waals surface area contributed by atoms with Crippen LogP contribution >= 0.6 is 0 Å². The number of hydrogen-bond donors (Lipinski definition) is 1. The molecule has 1 aromatic carbocycles. The third-order valence-corrected chi connectivity index (χ3v) is 5.11. The van der Waals surface area contributed by atoms with E-state index in [0.29, 0.717) is 13.0 Å². The number of carboxylic acid groups (broad SMARTS) is 1. The van der Waals surface area contributed by atoms with E-state index in [2.05, 4.69) is 5.10 Å². The van der Waals surface area contributed by atoms with E-state index in [0.717, 1.165) is 22.6 Å². The molecule has 2 aromatic rings. The van der Waals surface area contributed by atoms with Gasteiger partial charge in [0, 0.05) is 24.3 Å². The van der Waals surface area contributed by atoms with E-state index in [1.165, 1.54) is 0 Å². The van der Waals surface area contributed by atoms with Gasteiger partial charge in [0.2, 0.25) is 5.91 Å².